The van der Waals surface area contributed by atoms with Crippen molar-refractivity contribution in [1.82, 2.24) is 10.2 Å². The number of hydrogen-bond donors (Lipinski definition) is 1. The summed E-state index contributed by atoms with van der Waals surface area (Å²) in [7, 11) is 0. The molecule has 0 bridgehead atoms. The van der Waals surface area contributed by atoms with Gasteiger partial charge in [0.1, 0.15) is 5.92 Å². The highest BCUT2D eigenvalue weighted by molar-refractivity contribution is 5.87. The van der Waals surface area contributed by atoms with Gasteiger partial charge in [-0.3, -0.25) is 9.89 Å². The number of nitrogens with one attached hydrogen (secondary N) is 1. The molecule has 1 unspecified atom stereocenters. The van der Waals surface area contributed by atoms with Crippen molar-refractivity contribution in [2.45, 2.75) is 31.6 Å². The second-order valence-corrected chi connectivity index (χ2v) is 6.82. The van der Waals surface area contributed by atoms with Gasteiger partial charge in [0.2, 0.25) is 0 Å². The van der Waals surface area contributed by atoms with Crippen LogP contribution in [-0.2, 0) is 16.6 Å². The van der Waals surface area contributed by atoms with Crippen LogP contribution in [0.1, 0.15) is 36.6 Å². The fraction of sp³-hybridized carbons (Fsp3) is 0.421. The Labute approximate surface area is 135 Å². The first-order valence-corrected chi connectivity index (χ1v) is 8.20. The first kappa shape index (κ1) is 14.2. The molecule has 1 N–H and O–H groups in total. The Kier molecular flexibility index (Phi) is 3.12. The van der Waals surface area contributed by atoms with Crippen molar-refractivity contribution in [3.63, 3.8) is 0 Å². The Balaban J connectivity index is 1.98. The molecule has 0 saturated heterocycles. The zero-order valence-corrected chi connectivity index (χ0v) is 13.1. The molecule has 116 valence electrons. The number of aryl methyl sites for hydroxylation is 1. The molecule has 2 aromatic rings. The van der Waals surface area contributed by atoms with E-state index in [0.717, 1.165) is 18.5 Å². The number of benzene rings is 1. The van der Waals surface area contributed by atoms with Gasteiger partial charge in [-0.15, -0.1) is 0 Å². The third kappa shape index (κ3) is 1.83. The average molecular weight is 305 g/mol. The number of aromatic amines is 1. The van der Waals surface area contributed by atoms with Gasteiger partial charge >= 0.3 is 0 Å². The number of carbonyl (C=O) groups excluding carboxylic acids is 1. The van der Waals surface area contributed by atoms with E-state index >= 15 is 0 Å². The van der Waals surface area contributed by atoms with E-state index in [1.54, 1.807) is 0 Å². The van der Waals surface area contributed by atoms with Crippen LogP contribution in [0.3, 0.4) is 0 Å². The minimum absolute atomic E-state index is 0.100. The highest BCUT2D eigenvalue weighted by atomic mass is 16.1. The van der Waals surface area contributed by atoms with E-state index in [9.17, 15) is 10.1 Å². The number of nitriles is 1. The molecule has 2 aliphatic rings. The molecule has 4 atom stereocenters. The van der Waals surface area contributed by atoms with Gasteiger partial charge in [0.15, 0.2) is 5.78 Å². The number of aromatic nitrogens is 2. The molecule has 4 nitrogen and oxygen atoms in total. The number of H-pyrrole nitrogens is 1. The van der Waals surface area contributed by atoms with Crippen molar-refractivity contribution < 1.29 is 4.79 Å². The van der Waals surface area contributed by atoms with Crippen LogP contribution in [0.5, 0.6) is 0 Å². The molecule has 4 rings (SSSR count). The number of nitrogens with zero attached hydrogens (tertiary/aromatic N) is 2. The number of Topliss-reactive ketones (excluding diaryl/α,β-unsaturated/α-hetero) is 1. The minimum Gasteiger partial charge on any atom is -0.298 e. The lowest BCUT2D eigenvalue weighted by Gasteiger charge is -2.50. The summed E-state index contributed by atoms with van der Waals surface area (Å²) < 4.78 is 0. The van der Waals surface area contributed by atoms with Crippen LogP contribution in [-0.4, -0.2) is 16.0 Å². The monoisotopic (exact) mass is 305 g/mol. The van der Waals surface area contributed by atoms with E-state index < -0.39 is 5.92 Å². The summed E-state index contributed by atoms with van der Waals surface area (Å²) in [6.07, 6.45) is 4.42. The number of carbonyl (C=O) groups is 1. The van der Waals surface area contributed by atoms with E-state index in [2.05, 4.69) is 28.4 Å². The van der Waals surface area contributed by atoms with Gasteiger partial charge in [-0.1, -0.05) is 37.3 Å². The summed E-state index contributed by atoms with van der Waals surface area (Å²) in [6.45, 7) is 1.99. The van der Waals surface area contributed by atoms with Crippen LogP contribution < -0.4 is 0 Å². The number of hydrogen-bond acceptors (Lipinski definition) is 3. The number of rotatable bonds is 1. The largest absolute Gasteiger partial charge is 0.298 e. The normalized spacial score (nSPS) is 32.7. The number of ketones is 1. The highest BCUT2D eigenvalue weighted by Gasteiger charge is 2.56. The van der Waals surface area contributed by atoms with Crippen molar-refractivity contribution in [3.05, 3.63) is 53.3 Å². The Hall–Kier alpha value is -2.41. The van der Waals surface area contributed by atoms with Crippen molar-refractivity contribution in [1.29, 1.82) is 5.26 Å². The molecular weight excluding hydrogens is 286 g/mol. The molecule has 0 spiro atoms. The maximum atomic E-state index is 12.6. The topological polar surface area (TPSA) is 69.5 Å². The molecule has 0 radical (unpaired) electrons. The Morgan fingerprint density at radius 1 is 1.35 bits per heavy atom. The smallest absolute Gasteiger partial charge is 0.153 e. The SMILES string of the molecule is C[C@@H]1C(=O)C(C#N)C[C@]2(c3ccccc3)c3n[nH]cc3CC[C@@H]12. The van der Waals surface area contributed by atoms with Crippen LogP contribution in [0, 0.1) is 29.1 Å². The molecule has 0 aliphatic heterocycles. The summed E-state index contributed by atoms with van der Waals surface area (Å²) in [6, 6.07) is 12.6. The Morgan fingerprint density at radius 3 is 2.87 bits per heavy atom. The third-order valence-corrected chi connectivity index (χ3v) is 5.87. The molecule has 0 amide bonds. The maximum absolute atomic E-state index is 12.6. The molecule has 4 heteroatoms. The molecule has 1 aromatic carbocycles. The fourth-order valence-corrected chi connectivity index (χ4v) is 4.80. The van der Waals surface area contributed by atoms with E-state index in [1.807, 2.05) is 31.3 Å². The van der Waals surface area contributed by atoms with Crippen molar-refractivity contribution in [2.75, 3.05) is 0 Å². The van der Waals surface area contributed by atoms with E-state index in [1.165, 1.54) is 11.1 Å². The lowest BCUT2D eigenvalue weighted by atomic mass is 9.51. The van der Waals surface area contributed by atoms with Gasteiger partial charge in [0, 0.05) is 17.5 Å². The lowest BCUT2D eigenvalue weighted by molar-refractivity contribution is -0.131. The van der Waals surface area contributed by atoms with Crippen LogP contribution in [0.2, 0.25) is 0 Å². The van der Waals surface area contributed by atoms with Crippen molar-refractivity contribution >= 4 is 5.78 Å². The first-order valence-electron chi connectivity index (χ1n) is 8.20. The zero-order valence-electron chi connectivity index (χ0n) is 13.1. The summed E-state index contributed by atoms with van der Waals surface area (Å²) in [5.41, 5.74) is 3.11. The Bertz CT molecular complexity index is 788. The van der Waals surface area contributed by atoms with E-state index in [-0.39, 0.29) is 23.0 Å². The summed E-state index contributed by atoms with van der Waals surface area (Å²) in [5.74, 6) is -0.358. The Morgan fingerprint density at radius 2 is 2.13 bits per heavy atom. The van der Waals surface area contributed by atoms with Gasteiger partial charge in [-0.25, -0.2) is 0 Å². The predicted molar refractivity (Wildman–Crippen MR) is 85.5 cm³/mol. The minimum atomic E-state index is -0.552. The molecule has 2 aliphatic carbocycles. The first-order chi connectivity index (χ1) is 11.2. The predicted octanol–water partition coefficient (Wildman–Crippen LogP) is 3.01. The summed E-state index contributed by atoms with van der Waals surface area (Å²) in [5, 5.41) is 17.1. The van der Waals surface area contributed by atoms with E-state index in [4.69, 9.17) is 0 Å². The quantitative estimate of drug-likeness (QED) is 0.880. The van der Waals surface area contributed by atoms with Gasteiger partial charge in [-0.05, 0) is 36.3 Å². The fourth-order valence-electron chi connectivity index (χ4n) is 4.80. The molecular formula is C19H19N3O. The van der Waals surface area contributed by atoms with E-state index in [0.29, 0.717) is 6.42 Å². The molecule has 23 heavy (non-hydrogen) atoms. The average Bonchev–Trinajstić information content (AvgIpc) is 3.08. The molecule has 1 saturated carbocycles. The second kappa shape index (κ2) is 5.06. The van der Waals surface area contributed by atoms with Crippen LogP contribution in [0.25, 0.3) is 0 Å². The molecule has 1 fully saturated rings. The summed E-state index contributed by atoms with van der Waals surface area (Å²) >= 11 is 0. The second-order valence-electron chi connectivity index (χ2n) is 6.82. The highest BCUT2D eigenvalue weighted by Crippen LogP contribution is 2.55. The van der Waals surface area contributed by atoms with Gasteiger partial charge < -0.3 is 0 Å². The standard InChI is InChI=1S/C19H19N3O/c1-12-16-8-7-13-11-21-22-18(13)19(16,9-14(10-20)17(12)23)15-5-3-2-4-6-15/h2-6,11-12,14,16H,7-9H2,1H3,(H,21,22)/t12-,14?,16-,19+/m0/s1. The number of fused-ring (bicyclic) bond motifs is 3. The lowest BCUT2D eigenvalue weighted by Crippen LogP contribution is -2.52. The van der Waals surface area contributed by atoms with Crippen LogP contribution >= 0.6 is 0 Å². The van der Waals surface area contributed by atoms with Crippen LogP contribution in [0.4, 0.5) is 0 Å². The van der Waals surface area contributed by atoms with Crippen LogP contribution in [0.15, 0.2) is 36.5 Å². The van der Waals surface area contributed by atoms with Crippen molar-refractivity contribution in [3.8, 4) is 6.07 Å². The van der Waals surface area contributed by atoms with Gasteiger partial charge in [0.05, 0.1) is 11.8 Å². The van der Waals surface area contributed by atoms with Crippen molar-refractivity contribution in [2.24, 2.45) is 17.8 Å². The van der Waals surface area contributed by atoms with Gasteiger partial charge in [0.25, 0.3) is 0 Å². The summed E-state index contributed by atoms with van der Waals surface area (Å²) in [4.78, 5) is 12.6. The molecule has 1 heterocycles. The maximum Gasteiger partial charge on any atom is 0.153 e. The molecule has 1 aromatic heterocycles. The zero-order chi connectivity index (χ0) is 16.0. The third-order valence-electron chi connectivity index (χ3n) is 5.87. The van der Waals surface area contributed by atoms with Gasteiger partial charge in [-0.2, -0.15) is 10.4 Å².